The predicted octanol–water partition coefficient (Wildman–Crippen LogP) is 13.0. The van der Waals surface area contributed by atoms with Crippen molar-refractivity contribution in [1.82, 2.24) is 14.7 Å². The van der Waals surface area contributed by atoms with Gasteiger partial charge in [-0.1, -0.05) is 196 Å². The van der Waals surface area contributed by atoms with Crippen LogP contribution in [0.15, 0.2) is 0 Å². The number of ether oxygens (including phenoxy) is 3. The first-order valence-corrected chi connectivity index (χ1v) is 28.9. The zero-order chi connectivity index (χ0) is 50.7. The maximum absolute atomic E-state index is 12.1. The zero-order valence-corrected chi connectivity index (χ0v) is 45.4. The molecule has 0 radical (unpaired) electrons. The van der Waals surface area contributed by atoms with Crippen molar-refractivity contribution >= 4 is 35.6 Å². The van der Waals surface area contributed by atoms with Gasteiger partial charge in [-0.05, 0) is 38.5 Å². The number of likely N-dealkylation sites (tertiary alicyclic amines) is 3. The molecule has 0 aromatic rings. The lowest BCUT2D eigenvalue weighted by Crippen LogP contribution is -2.27. The highest BCUT2D eigenvalue weighted by Crippen LogP contribution is 2.23. The van der Waals surface area contributed by atoms with E-state index in [2.05, 4.69) is 41.5 Å². The van der Waals surface area contributed by atoms with Gasteiger partial charge in [0.1, 0.15) is 0 Å². The van der Waals surface area contributed by atoms with Crippen LogP contribution in [-0.4, -0.2) is 109 Å². The van der Waals surface area contributed by atoms with Gasteiger partial charge in [-0.3, -0.25) is 28.8 Å². The molecule has 3 heterocycles. The van der Waals surface area contributed by atoms with E-state index in [1.807, 2.05) is 14.7 Å². The molecule has 0 aliphatic carbocycles. The molecule has 3 saturated heterocycles. The second kappa shape index (κ2) is 43.6. The normalized spacial score (nSPS) is 17.7. The summed E-state index contributed by atoms with van der Waals surface area (Å²) in [6, 6.07) is 0. The van der Waals surface area contributed by atoms with Crippen LogP contribution in [0, 0.1) is 17.8 Å². The molecule has 3 fully saturated rings. The molecule has 3 amide bonds. The Balaban J connectivity index is 0.000000519. The summed E-state index contributed by atoms with van der Waals surface area (Å²) in [5.74, 6) is -0.923. The van der Waals surface area contributed by atoms with E-state index in [0.717, 1.165) is 77.4 Å². The van der Waals surface area contributed by atoms with Gasteiger partial charge in [0.25, 0.3) is 0 Å². The third-order valence-electron chi connectivity index (χ3n) is 13.7. The minimum absolute atomic E-state index is 0.112. The van der Waals surface area contributed by atoms with Crippen LogP contribution in [0.1, 0.15) is 253 Å². The molecule has 0 aromatic heterocycles. The van der Waals surface area contributed by atoms with Crippen LogP contribution in [0.5, 0.6) is 0 Å². The molecule has 3 atom stereocenters. The van der Waals surface area contributed by atoms with Crippen LogP contribution in [-0.2, 0) is 43.0 Å². The topological polar surface area (TPSA) is 140 Å². The van der Waals surface area contributed by atoms with Crippen molar-refractivity contribution in [3.63, 3.8) is 0 Å². The Hall–Kier alpha value is -3.18. The van der Waals surface area contributed by atoms with Crippen molar-refractivity contribution in [2.75, 3.05) is 59.1 Å². The van der Waals surface area contributed by atoms with Gasteiger partial charge in [0.2, 0.25) is 17.7 Å². The quantitative estimate of drug-likeness (QED) is 0.0334. The van der Waals surface area contributed by atoms with Crippen molar-refractivity contribution in [3.05, 3.63) is 0 Å². The monoisotopic (exact) mass is 976 g/mol. The Bertz CT molecular complexity index is 1340. The van der Waals surface area contributed by atoms with Crippen LogP contribution in [0.25, 0.3) is 0 Å². The first-order chi connectivity index (χ1) is 33.6. The van der Waals surface area contributed by atoms with E-state index in [4.69, 9.17) is 14.2 Å². The third kappa shape index (κ3) is 31.7. The van der Waals surface area contributed by atoms with Crippen LogP contribution < -0.4 is 0 Å². The summed E-state index contributed by atoms with van der Waals surface area (Å²) in [5.41, 5.74) is 0. The summed E-state index contributed by atoms with van der Waals surface area (Å²) in [6.07, 6.45) is 36.4. The number of carbonyl (C=O) groups excluding carboxylic acids is 6. The molecule has 3 aliphatic rings. The summed E-state index contributed by atoms with van der Waals surface area (Å²) in [7, 11) is 0. The average molecular weight is 976 g/mol. The van der Waals surface area contributed by atoms with Crippen molar-refractivity contribution in [2.45, 2.75) is 253 Å². The molecule has 0 N–H and O–H groups in total. The van der Waals surface area contributed by atoms with Crippen LogP contribution in [0.2, 0.25) is 0 Å². The molecule has 12 nitrogen and oxygen atoms in total. The van der Waals surface area contributed by atoms with Crippen LogP contribution in [0.4, 0.5) is 0 Å². The van der Waals surface area contributed by atoms with Crippen molar-refractivity contribution in [3.8, 4) is 0 Å². The third-order valence-corrected chi connectivity index (χ3v) is 13.7. The number of amides is 3. The zero-order valence-electron chi connectivity index (χ0n) is 45.4. The lowest BCUT2D eigenvalue weighted by atomic mass is 10.1. The van der Waals surface area contributed by atoms with Gasteiger partial charge in [-0.15, -0.1) is 0 Å². The maximum Gasteiger partial charge on any atom is 0.311 e. The van der Waals surface area contributed by atoms with E-state index in [0.29, 0.717) is 58.7 Å². The SMILES string of the molecule is CCCCCCCCN1CC(C(=O)OCCCC)CC1=O.CCCCCCCCN1CC(C(=O)OCCCCCC)CC1=O.CCCCCCCCOC(=O)C1CC(=O)N(CCCCCCCC)C1. The molecule has 0 bridgehead atoms. The first kappa shape index (κ1) is 63.8. The van der Waals surface area contributed by atoms with Crippen molar-refractivity contribution < 1.29 is 43.0 Å². The van der Waals surface area contributed by atoms with E-state index in [9.17, 15) is 28.8 Å². The van der Waals surface area contributed by atoms with Gasteiger partial charge in [0.05, 0.1) is 37.6 Å². The largest absolute Gasteiger partial charge is 0.465 e. The molecule has 3 unspecified atom stereocenters. The molecule has 69 heavy (non-hydrogen) atoms. The highest BCUT2D eigenvalue weighted by molar-refractivity contribution is 5.88. The van der Waals surface area contributed by atoms with Gasteiger partial charge < -0.3 is 28.9 Å². The highest BCUT2D eigenvalue weighted by Gasteiger charge is 2.37. The minimum Gasteiger partial charge on any atom is -0.465 e. The molecular weight excluding hydrogens is 871 g/mol. The molecule has 3 aliphatic heterocycles. The number of unbranched alkanes of at least 4 members (excludes halogenated alkanes) is 24. The Morgan fingerprint density at radius 1 is 0.333 bits per heavy atom. The highest BCUT2D eigenvalue weighted by atomic mass is 16.5. The summed E-state index contributed by atoms with van der Waals surface area (Å²) in [5, 5.41) is 0. The van der Waals surface area contributed by atoms with E-state index >= 15 is 0 Å². The fraction of sp³-hybridized carbons (Fsp3) is 0.895. The summed E-state index contributed by atoms with van der Waals surface area (Å²) < 4.78 is 15.9. The Morgan fingerprint density at radius 2 is 0.551 bits per heavy atom. The Morgan fingerprint density at radius 3 is 0.826 bits per heavy atom. The number of hydrogen-bond acceptors (Lipinski definition) is 9. The van der Waals surface area contributed by atoms with Crippen LogP contribution in [0.3, 0.4) is 0 Å². The predicted molar refractivity (Wildman–Crippen MR) is 279 cm³/mol. The van der Waals surface area contributed by atoms with Gasteiger partial charge in [-0.25, -0.2) is 0 Å². The lowest BCUT2D eigenvalue weighted by Gasteiger charge is -2.16. The average Bonchev–Trinajstić information content (AvgIpc) is 4.04. The van der Waals surface area contributed by atoms with E-state index in [-0.39, 0.29) is 53.4 Å². The van der Waals surface area contributed by atoms with Crippen molar-refractivity contribution in [2.24, 2.45) is 17.8 Å². The smallest absolute Gasteiger partial charge is 0.311 e. The molecule has 0 spiro atoms. The van der Waals surface area contributed by atoms with Crippen LogP contribution >= 0.6 is 0 Å². The van der Waals surface area contributed by atoms with E-state index in [1.165, 1.54) is 135 Å². The van der Waals surface area contributed by atoms with E-state index < -0.39 is 0 Å². The molecule has 3 rings (SSSR count). The maximum atomic E-state index is 12.1. The van der Waals surface area contributed by atoms with Gasteiger partial charge >= 0.3 is 17.9 Å². The van der Waals surface area contributed by atoms with Gasteiger partial charge in [0, 0.05) is 58.5 Å². The molecule has 0 saturated carbocycles. The summed E-state index contributed by atoms with van der Waals surface area (Å²) in [4.78, 5) is 77.5. The second-order valence-corrected chi connectivity index (χ2v) is 20.2. The molecule has 0 aromatic carbocycles. The summed E-state index contributed by atoms with van der Waals surface area (Å²) >= 11 is 0. The first-order valence-electron chi connectivity index (χ1n) is 28.9. The van der Waals surface area contributed by atoms with E-state index in [1.54, 1.807) is 0 Å². The molecular formula is C57H105N3O9. The second-order valence-electron chi connectivity index (χ2n) is 20.2. The minimum atomic E-state index is -0.243. The standard InChI is InChI=1S/C21H39NO3.C19H35NO3.C17H31NO3/c1-3-5-7-9-11-13-15-22-18-19(17-20(22)23)21(24)25-16-14-12-10-8-6-4-2;1-3-5-7-9-10-11-13-20-16-17(15-18(20)21)19(22)23-14-12-8-6-4-2;1-3-5-7-8-9-10-11-18-14-15(13-16(18)19)17(20)21-12-6-4-2/h19H,3-18H2,1-2H3;17H,3-16H2,1-2H3;15H,3-14H2,1-2H3. The van der Waals surface area contributed by atoms with Crippen molar-refractivity contribution in [1.29, 1.82) is 0 Å². The lowest BCUT2D eigenvalue weighted by molar-refractivity contribution is -0.149. The molecule has 402 valence electrons. The van der Waals surface area contributed by atoms with Gasteiger partial charge in [-0.2, -0.15) is 0 Å². The molecule has 12 heteroatoms. The number of rotatable bonds is 39. The Labute approximate surface area is 422 Å². The fourth-order valence-corrected chi connectivity index (χ4v) is 9.11. The number of carbonyl (C=O) groups is 6. The number of hydrogen-bond donors (Lipinski definition) is 0. The Kier molecular flexibility index (Phi) is 40.3. The fourth-order valence-electron chi connectivity index (χ4n) is 9.11. The summed E-state index contributed by atoms with van der Waals surface area (Å²) in [6.45, 7) is 18.6. The van der Waals surface area contributed by atoms with Gasteiger partial charge in [0.15, 0.2) is 0 Å². The number of nitrogens with zero attached hydrogens (tertiary/aromatic N) is 3. The number of esters is 3.